The van der Waals surface area contributed by atoms with Crippen molar-refractivity contribution in [1.29, 1.82) is 0 Å². The molecule has 1 aliphatic heterocycles. The van der Waals surface area contributed by atoms with Gasteiger partial charge in [-0.25, -0.2) is 4.98 Å². The van der Waals surface area contributed by atoms with Crippen LogP contribution >= 0.6 is 15.9 Å². The van der Waals surface area contributed by atoms with Crippen LogP contribution in [0.2, 0.25) is 0 Å². The number of hydrogen-bond acceptors (Lipinski definition) is 6. The maximum atomic E-state index is 13.4. The third kappa shape index (κ3) is 4.59. The molecule has 1 aromatic carbocycles. The van der Waals surface area contributed by atoms with Gasteiger partial charge in [0.25, 0.3) is 11.6 Å². The summed E-state index contributed by atoms with van der Waals surface area (Å²) in [6.07, 6.45) is 2.61. The molecule has 1 aromatic heterocycles. The number of nitro groups is 1. The summed E-state index contributed by atoms with van der Waals surface area (Å²) in [6, 6.07) is 9.47. The number of halogens is 1. The van der Waals surface area contributed by atoms with Crippen molar-refractivity contribution in [1.82, 2.24) is 10.3 Å². The molecule has 33 heavy (non-hydrogen) atoms. The van der Waals surface area contributed by atoms with Gasteiger partial charge in [0, 0.05) is 57.7 Å². The fraction of sp³-hybridized carbons (Fsp3) is 0.292. The van der Waals surface area contributed by atoms with E-state index in [1.807, 2.05) is 13.8 Å². The number of carbonyl (C=O) groups excluding carboxylic acids is 2. The zero-order valence-corrected chi connectivity index (χ0v) is 20.0. The summed E-state index contributed by atoms with van der Waals surface area (Å²) in [5.74, 6) is -0.679. The van der Waals surface area contributed by atoms with Crippen LogP contribution in [-0.4, -0.2) is 21.6 Å². The highest BCUT2D eigenvalue weighted by molar-refractivity contribution is 9.10. The van der Waals surface area contributed by atoms with E-state index < -0.39 is 10.8 Å². The highest BCUT2D eigenvalue weighted by atomic mass is 79.9. The average Bonchev–Trinajstić information content (AvgIpc) is 2.73. The van der Waals surface area contributed by atoms with Crippen LogP contribution in [0.25, 0.3) is 0 Å². The van der Waals surface area contributed by atoms with Gasteiger partial charge in [0.05, 0.1) is 4.92 Å². The Hall–Kier alpha value is -3.33. The van der Waals surface area contributed by atoms with Gasteiger partial charge >= 0.3 is 0 Å². The van der Waals surface area contributed by atoms with E-state index in [0.29, 0.717) is 41.1 Å². The molecule has 0 fully saturated rings. The molecule has 0 bridgehead atoms. The Kier molecular flexibility index (Phi) is 5.92. The van der Waals surface area contributed by atoms with Crippen molar-refractivity contribution in [2.24, 2.45) is 5.41 Å². The quantitative estimate of drug-likeness (QED) is 0.442. The van der Waals surface area contributed by atoms with E-state index in [4.69, 9.17) is 0 Å². The van der Waals surface area contributed by atoms with E-state index in [-0.39, 0.29) is 22.8 Å². The normalized spacial score (nSPS) is 19.6. The van der Waals surface area contributed by atoms with Crippen molar-refractivity contribution in [3.05, 3.63) is 85.3 Å². The highest BCUT2D eigenvalue weighted by Gasteiger charge is 2.42. The summed E-state index contributed by atoms with van der Waals surface area (Å²) in [5, 5.41) is 17.3. The topological polar surface area (TPSA) is 114 Å². The standard InChI is InChI=1S/C24H23BrN4O4/c1-13-20(23(31)28-19-9-6-15(25)12-26-19)21(14-4-7-16(8-5-14)29(32)33)22-17(27-13)10-24(2,3)11-18(22)30/h4-9,12,21,27H,10-11H2,1-3H3,(H,26,28,31). The first-order valence-electron chi connectivity index (χ1n) is 10.5. The number of non-ortho nitro benzene ring substituents is 1. The molecule has 0 spiro atoms. The Morgan fingerprint density at radius 3 is 2.52 bits per heavy atom. The summed E-state index contributed by atoms with van der Waals surface area (Å²) >= 11 is 3.32. The molecule has 1 atom stereocenters. The molecule has 0 saturated heterocycles. The lowest BCUT2D eigenvalue weighted by Crippen LogP contribution is -2.39. The van der Waals surface area contributed by atoms with Crippen molar-refractivity contribution < 1.29 is 14.5 Å². The Balaban J connectivity index is 1.80. The molecule has 1 amide bonds. The van der Waals surface area contributed by atoms with Gasteiger partial charge in [-0.3, -0.25) is 19.7 Å². The summed E-state index contributed by atoms with van der Waals surface area (Å²) in [5.41, 5.74) is 2.76. The zero-order valence-electron chi connectivity index (χ0n) is 18.4. The van der Waals surface area contributed by atoms with Crippen LogP contribution in [0.5, 0.6) is 0 Å². The number of amides is 1. The van der Waals surface area contributed by atoms with E-state index in [0.717, 1.165) is 10.2 Å². The van der Waals surface area contributed by atoms with Gasteiger partial charge in [-0.05, 0) is 52.4 Å². The third-order valence-corrected chi connectivity index (χ3v) is 6.36. The fourth-order valence-corrected chi connectivity index (χ4v) is 4.73. The number of aromatic nitrogens is 1. The van der Waals surface area contributed by atoms with E-state index in [1.165, 1.54) is 12.1 Å². The first-order valence-corrected chi connectivity index (χ1v) is 11.3. The maximum Gasteiger partial charge on any atom is 0.269 e. The van der Waals surface area contributed by atoms with E-state index in [9.17, 15) is 19.7 Å². The molecule has 9 heteroatoms. The molecule has 0 radical (unpaired) electrons. The smallest absolute Gasteiger partial charge is 0.269 e. The molecule has 1 unspecified atom stereocenters. The number of hydrogen-bond donors (Lipinski definition) is 2. The fourth-order valence-electron chi connectivity index (χ4n) is 4.49. The van der Waals surface area contributed by atoms with Crippen LogP contribution < -0.4 is 10.6 Å². The first-order chi connectivity index (χ1) is 15.6. The SMILES string of the molecule is CC1=C(C(=O)Nc2ccc(Br)cn2)C(c2ccc([N+](=O)[O-])cc2)C2=C(CC(C)(C)CC2=O)N1. The predicted octanol–water partition coefficient (Wildman–Crippen LogP) is 5.00. The molecule has 8 nitrogen and oxygen atoms in total. The number of allylic oxidation sites excluding steroid dienone is 3. The number of pyridine rings is 1. The van der Waals surface area contributed by atoms with Crippen molar-refractivity contribution in [2.45, 2.75) is 39.5 Å². The molecule has 2 aromatic rings. The molecular formula is C24H23BrN4O4. The molecule has 170 valence electrons. The molecular weight excluding hydrogens is 488 g/mol. The number of nitrogens with zero attached hydrogens (tertiary/aromatic N) is 2. The number of rotatable bonds is 4. The lowest BCUT2D eigenvalue weighted by Gasteiger charge is -2.39. The van der Waals surface area contributed by atoms with Gasteiger partial charge in [0.2, 0.25) is 0 Å². The number of ketones is 1. The summed E-state index contributed by atoms with van der Waals surface area (Å²) in [6.45, 7) is 5.88. The number of Topliss-reactive ketones (excluding diaryl/α,β-unsaturated/α-hetero) is 1. The molecule has 0 saturated carbocycles. The number of dihydropyridines is 1. The summed E-state index contributed by atoms with van der Waals surface area (Å²) in [7, 11) is 0. The molecule has 4 rings (SSSR count). The van der Waals surface area contributed by atoms with Gasteiger partial charge in [0.1, 0.15) is 5.82 Å². The minimum Gasteiger partial charge on any atom is -0.362 e. The molecule has 1 aliphatic carbocycles. The van der Waals surface area contributed by atoms with Crippen LogP contribution in [0, 0.1) is 15.5 Å². The van der Waals surface area contributed by atoms with Crippen LogP contribution in [0.4, 0.5) is 11.5 Å². The Labute approximate surface area is 199 Å². The largest absolute Gasteiger partial charge is 0.362 e. The van der Waals surface area contributed by atoms with Gasteiger partial charge < -0.3 is 10.6 Å². The van der Waals surface area contributed by atoms with Crippen molar-refractivity contribution in [3.63, 3.8) is 0 Å². The first kappa shape index (κ1) is 22.8. The lowest BCUT2D eigenvalue weighted by atomic mass is 9.68. The van der Waals surface area contributed by atoms with Gasteiger partial charge in [-0.2, -0.15) is 0 Å². The minimum absolute atomic E-state index is 0.0309. The Bertz CT molecular complexity index is 1210. The van der Waals surface area contributed by atoms with E-state index >= 15 is 0 Å². The number of nitro benzene ring substituents is 1. The predicted molar refractivity (Wildman–Crippen MR) is 127 cm³/mol. The second-order valence-corrected chi connectivity index (χ2v) is 10.0. The average molecular weight is 511 g/mol. The van der Waals surface area contributed by atoms with E-state index in [2.05, 4.69) is 31.5 Å². The number of carbonyl (C=O) groups is 2. The monoisotopic (exact) mass is 510 g/mol. The lowest BCUT2D eigenvalue weighted by molar-refractivity contribution is -0.384. The molecule has 2 aliphatic rings. The van der Waals surface area contributed by atoms with Crippen molar-refractivity contribution >= 4 is 39.1 Å². The zero-order chi connectivity index (χ0) is 23.9. The molecule has 2 N–H and O–H groups in total. The number of nitrogens with one attached hydrogen (secondary N) is 2. The van der Waals surface area contributed by atoms with Crippen LogP contribution in [-0.2, 0) is 9.59 Å². The van der Waals surface area contributed by atoms with Gasteiger partial charge in [0.15, 0.2) is 5.78 Å². The number of benzene rings is 1. The maximum absolute atomic E-state index is 13.4. The van der Waals surface area contributed by atoms with Crippen LogP contribution in [0.1, 0.15) is 45.1 Å². The second kappa shape index (κ2) is 8.55. The summed E-state index contributed by atoms with van der Waals surface area (Å²) < 4.78 is 0.782. The third-order valence-electron chi connectivity index (χ3n) is 5.89. The Morgan fingerprint density at radius 2 is 1.91 bits per heavy atom. The van der Waals surface area contributed by atoms with Crippen LogP contribution in [0.3, 0.4) is 0 Å². The Morgan fingerprint density at radius 1 is 1.21 bits per heavy atom. The highest BCUT2D eigenvalue weighted by Crippen LogP contribution is 2.46. The number of anilines is 1. The van der Waals surface area contributed by atoms with Gasteiger partial charge in [-0.1, -0.05) is 26.0 Å². The second-order valence-electron chi connectivity index (χ2n) is 9.09. The summed E-state index contributed by atoms with van der Waals surface area (Å²) in [4.78, 5) is 41.6. The van der Waals surface area contributed by atoms with Crippen molar-refractivity contribution in [2.75, 3.05) is 5.32 Å². The van der Waals surface area contributed by atoms with E-state index in [1.54, 1.807) is 37.4 Å². The molecule has 2 heterocycles. The van der Waals surface area contributed by atoms with Gasteiger partial charge in [-0.15, -0.1) is 0 Å². The minimum atomic E-state index is -0.638. The van der Waals surface area contributed by atoms with Crippen LogP contribution in [0.15, 0.2) is 69.6 Å². The van der Waals surface area contributed by atoms with Crippen molar-refractivity contribution in [3.8, 4) is 0 Å².